The first-order chi connectivity index (χ1) is 17.5. The summed E-state index contributed by atoms with van der Waals surface area (Å²) in [4.78, 5) is 3.85. The zero-order valence-electron chi connectivity index (χ0n) is 20.8. The number of aromatic nitrogens is 1. The second-order valence-corrected chi connectivity index (χ2v) is 11.4. The molecule has 172 valence electrons. The van der Waals surface area contributed by atoms with Crippen LogP contribution in [0, 0.1) is 0 Å². The van der Waals surface area contributed by atoms with E-state index >= 15 is 0 Å². The summed E-state index contributed by atoms with van der Waals surface area (Å²) in [5.74, 6) is 0. The van der Waals surface area contributed by atoms with Gasteiger partial charge in [-0.2, -0.15) is 0 Å². The molecule has 2 aliphatic rings. The molecule has 0 saturated heterocycles. The molecule has 5 aromatic carbocycles. The minimum absolute atomic E-state index is 0.114. The molecule has 2 aliphatic carbocycles. The normalized spacial score (nSPS) is 14.8. The lowest BCUT2D eigenvalue weighted by Crippen LogP contribution is -2.25. The van der Waals surface area contributed by atoms with E-state index in [1.165, 1.54) is 71.9 Å². The molecule has 0 radical (unpaired) electrons. The predicted molar refractivity (Wildman–Crippen MR) is 151 cm³/mol. The van der Waals surface area contributed by atoms with E-state index in [1.54, 1.807) is 0 Å². The van der Waals surface area contributed by atoms with Gasteiger partial charge >= 0.3 is 0 Å². The Hall–Kier alpha value is -4.10. The zero-order valence-corrected chi connectivity index (χ0v) is 20.8. The Balaban J connectivity index is 1.54. The summed E-state index contributed by atoms with van der Waals surface area (Å²) in [7, 11) is 0. The molecule has 0 fully saturated rings. The van der Waals surface area contributed by atoms with Gasteiger partial charge in [0.1, 0.15) is 0 Å². The molecule has 0 amide bonds. The van der Waals surface area contributed by atoms with E-state index < -0.39 is 0 Å². The van der Waals surface area contributed by atoms with Crippen molar-refractivity contribution in [3.05, 3.63) is 131 Å². The van der Waals surface area contributed by atoms with E-state index in [0.29, 0.717) is 0 Å². The third-order valence-corrected chi connectivity index (χ3v) is 8.60. The molecule has 0 aliphatic heterocycles. The summed E-state index contributed by atoms with van der Waals surface area (Å²) >= 11 is 0. The Labute approximate surface area is 211 Å². The summed E-state index contributed by atoms with van der Waals surface area (Å²) in [5, 5.41) is 2.62. The van der Waals surface area contributed by atoms with Gasteiger partial charge in [0.2, 0.25) is 0 Å². The minimum Gasteiger partial charge on any atom is -0.354 e. The molecule has 36 heavy (non-hydrogen) atoms. The average Bonchev–Trinajstić information content (AvgIpc) is 3.51. The van der Waals surface area contributed by atoms with Gasteiger partial charge in [0, 0.05) is 21.9 Å². The molecule has 8 rings (SSSR count). The van der Waals surface area contributed by atoms with Gasteiger partial charge in [0.25, 0.3) is 0 Å². The molecule has 1 aromatic heterocycles. The van der Waals surface area contributed by atoms with Crippen LogP contribution in [0.15, 0.2) is 103 Å². The molecular formula is C35H27N. The van der Waals surface area contributed by atoms with Crippen LogP contribution in [-0.2, 0) is 10.8 Å². The van der Waals surface area contributed by atoms with Gasteiger partial charge in [-0.25, -0.2) is 0 Å². The number of benzene rings is 5. The van der Waals surface area contributed by atoms with Crippen LogP contribution >= 0.6 is 0 Å². The summed E-state index contributed by atoms with van der Waals surface area (Å²) in [6.45, 7) is 6.86. The van der Waals surface area contributed by atoms with Crippen LogP contribution in [0.2, 0.25) is 0 Å². The molecule has 1 heteroatoms. The Morgan fingerprint density at radius 1 is 0.556 bits per heavy atom. The summed E-state index contributed by atoms with van der Waals surface area (Å²) in [6, 6.07) is 38.7. The van der Waals surface area contributed by atoms with Crippen molar-refractivity contribution >= 4 is 21.8 Å². The maximum absolute atomic E-state index is 3.85. The Kier molecular flexibility index (Phi) is 3.67. The highest BCUT2D eigenvalue weighted by molar-refractivity contribution is 6.15. The topological polar surface area (TPSA) is 15.8 Å². The van der Waals surface area contributed by atoms with Crippen LogP contribution in [0.3, 0.4) is 0 Å². The molecule has 1 heterocycles. The molecule has 1 spiro atoms. The number of H-pyrrole nitrogens is 1. The summed E-state index contributed by atoms with van der Waals surface area (Å²) in [6.07, 6.45) is 0. The molecule has 6 aromatic rings. The minimum atomic E-state index is -0.291. The van der Waals surface area contributed by atoms with Gasteiger partial charge in [-0.05, 0) is 62.1 Å². The highest BCUT2D eigenvalue weighted by Gasteiger charge is 2.51. The number of nitrogens with one attached hydrogen (secondary N) is 1. The van der Waals surface area contributed by atoms with Crippen LogP contribution in [0.5, 0.6) is 0 Å². The van der Waals surface area contributed by atoms with Crippen molar-refractivity contribution in [2.45, 2.75) is 31.6 Å². The lowest BCUT2D eigenvalue weighted by atomic mass is 9.70. The summed E-state index contributed by atoms with van der Waals surface area (Å²) < 4.78 is 0. The number of rotatable bonds is 0. The van der Waals surface area contributed by atoms with Crippen LogP contribution in [0.4, 0.5) is 0 Å². The van der Waals surface area contributed by atoms with Crippen molar-refractivity contribution in [1.82, 2.24) is 4.98 Å². The second kappa shape index (κ2) is 6.56. The molecular weight excluding hydrogens is 434 g/mol. The second-order valence-electron chi connectivity index (χ2n) is 11.4. The quantitative estimate of drug-likeness (QED) is 0.232. The molecule has 0 atom stereocenters. The van der Waals surface area contributed by atoms with Crippen LogP contribution in [0.25, 0.3) is 44.1 Å². The van der Waals surface area contributed by atoms with Crippen LogP contribution in [-0.4, -0.2) is 4.98 Å². The SMILES string of the molecule is CC(C)(C)c1ccc2[nH]c3c4c(ccc3c2c1)C1(c2ccccc2-c2ccccc21)c1ccccc1-4. The van der Waals surface area contributed by atoms with Gasteiger partial charge in [-0.3, -0.25) is 0 Å². The molecule has 0 unspecified atom stereocenters. The predicted octanol–water partition coefficient (Wildman–Crippen LogP) is 8.96. The van der Waals surface area contributed by atoms with E-state index in [1.807, 2.05) is 0 Å². The van der Waals surface area contributed by atoms with Gasteiger partial charge in [0.05, 0.1) is 10.9 Å². The van der Waals surface area contributed by atoms with Gasteiger partial charge < -0.3 is 4.98 Å². The first-order valence-electron chi connectivity index (χ1n) is 12.9. The van der Waals surface area contributed by atoms with E-state index in [0.717, 1.165) is 0 Å². The lowest BCUT2D eigenvalue weighted by Gasteiger charge is -2.30. The standard InChI is InChI=1S/C35H27N/c1-34(2,3)21-16-19-31-26(20-21)24-17-18-30-32(33(24)36-31)25-12-6-9-15-29(25)35(30)27-13-7-4-10-22(27)23-11-5-8-14-28(23)35/h4-20,36H,1-3H3. The Morgan fingerprint density at radius 2 is 1.14 bits per heavy atom. The fourth-order valence-electron chi connectivity index (χ4n) is 7.02. The summed E-state index contributed by atoms with van der Waals surface area (Å²) in [5.41, 5.74) is 14.6. The van der Waals surface area contributed by atoms with Crippen LogP contribution in [0.1, 0.15) is 48.6 Å². The maximum Gasteiger partial charge on any atom is 0.0726 e. The highest BCUT2D eigenvalue weighted by Crippen LogP contribution is 2.63. The number of aromatic amines is 1. The third kappa shape index (κ3) is 2.27. The fourth-order valence-corrected chi connectivity index (χ4v) is 7.02. The van der Waals surface area contributed by atoms with E-state index in [4.69, 9.17) is 0 Å². The Morgan fingerprint density at radius 3 is 1.78 bits per heavy atom. The third-order valence-electron chi connectivity index (χ3n) is 8.60. The largest absolute Gasteiger partial charge is 0.354 e. The van der Waals surface area contributed by atoms with E-state index in [9.17, 15) is 0 Å². The van der Waals surface area contributed by atoms with Crippen molar-refractivity contribution in [2.24, 2.45) is 0 Å². The molecule has 0 bridgehead atoms. The van der Waals surface area contributed by atoms with Crippen molar-refractivity contribution in [3.8, 4) is 22.3 Å². The van der Waals surface area contributed by atoms with E-state index in [-0.39, 0.29) is 10.8 Å². The Bertz CT molecular complexity index is 1830. The van der Waals surface area contributed by atoms with Gasteiger partial charge in [-0.15, -0.1) is 0 Å². The van der Waals surface area contributed by atoms with Crippen molar-refractivity contribution < 1.29 is 0 Å². The van der Waals surface area contributed by atoms with Crippen molar-refractivity contribution in [3.63, 3.8) is 0 Å². The number of fused-ring (bicyclic) bond motifs is 14. The zero-order chi connectivity index (χ0) is 24.2. The number of hydrogen-bond acceptors (Lipinski definition) is 0. The van der Waals surface area contributed by atoms with Crippen LogP contribution < -0.4 is 0 Å². The van der Waals surface area contributed by atoms with Crippen molar-refractivity contribution in [1.29, 1.82) is 0 Å². The van der Waals surface area contributed by atoms with Gasteiger partial charge in [0.15, 0.2) is 0 Å². The van der Waals surface area contributed by atoms with E-state index in [2.05, 4.69) is 129 Å². The first kappa shape index (κ1) is 20.1. The lowest BCUT2D eigenvalue weighted by molar-refractivity contribution is 0.591. The average molecular weight is 462 g/mol. The fraction of sp³-hybridized carbons (Fsp3) is 0.143. The van der Waals surface area contributed by atoms with Crippen molar-refractivity contribution in [2.75, 3.05) is 0 Å². The monoisotopic (exact) mass is 461 g/mol. The van der Waals surface area contributed by atoms with Gasteiger partial charge in [-0.1, -0.05) is 112 Å². The number of hydrogen-bond donors (Lipinski definition) is 1. The first-order valence-corrected chi connectivity index (χ1v) is 12.9. The maximum atomic E-state index is 3.85. The molecule has 1 N–H and O–H groups in total. The molecule has 1 nitrogen and oxygen atoms in total. The molecule has 0 saturated carbocycles. The smallest absolute Gasteiger partial charge is 0.0726 e. The highest BCUT2D eigenvalue weighted by atomic mass is 14.7.